The van der Waals surface area contributed by atoms with Crippen LogP contribution in [0.1, 0.15) is 56.1 Å². The van der Waals surface area contributed by atoms with Crippen molar-refractivity contribution in [2.24, 2.45) is 0 Å². The van der Waals surface area contributed by atoms with E-state index in [-0.39, 0.29) is 48.4 Å². The highest BCUT2D eigenvalue weighted by Crippen LogP contribution is 2.25. The molecule has 2 unspecified atom stereocenters. The van der Waals surface area contributed by atoms with Crippen molar-refractivity contribution < 1.29 is 28.6 Å². The highest BCUT2D eigenvalue weighted by molar-refractivity contribution is 7.91. The maximum atomic E-state index is 13.1. The number of Topliss-reactive ketones (excluding diaryl/α,β-unsaturated/α-hetero) is 1. The number of allylic oxidation sites excluding steroid dienone is 4. The van der Waals surface area contributed by atoms with Crippen LogP contribution in [0.2, 0.25) is 0 Å². The van der Waals surface area contributed by atoms with Crippen molar-refractivity contribution in [3.05, 3.63) is 94.4 Å². The molecule has 0 saturated carbocycles. The lowest BCUT2D eigenvalue weighted by Gasteiger charge is -2.18. The zero-order valence-electron chi connectivity index (χ0n) is 23.4. The lowest BCUT2D eigenvalue weighted by molar-refractivity contribution is -0.128. The molecule has 0 aliphatic heterocycles. The van der Waals surface area contributed by atoms with Gasteiger partial charge in [-0.05, 0) is 43.4 Å². The number of hydrogen-bond acceptors (Lipinski definition) is 6. The number of carbonyl (C=O) groups excluding carboxylic acids is 4. The molecule has 42 heavy (non-hydrogen) atoms. The van der Waals surface area contributed by atoms with E-state index in [0.717, 1.165) is 16.7 Å². The molecule has 0 radical (unpaired) electrons. The Hall–Kier alpha value is -4.33. The van der Waals surface area contributed by atoms with E-state index in [9.17, 15) is 23.4 Å². The smallest absolute Gasteiger partial charge is 0.259 e. The number of amides is 3. The summed E-state index contributed by atoms with van der Waals surface area (Å²) in [6, 6.07) is 18.6. The molecule has 220 valence electrons. The third kappa shape index (κ3) is 9.36. The number of unbranched alkanes of at least 4 members (excludes halogenated alkanes) is 1. The fourth-order valence-corrected chi connectivity index (χ4v) is 5.94. The number of hydroxylamine groups is 1. The molecule has 2 aromatic rings. The summed E-state index contributed by atoms with van der Waals surface area (Å²) in [5.41, 5.74) is 3.97. The Labute approximate surface area is 248 Å². The van der Waals surface area contributed by atoms with Crippen LogP contribution >= 0.6 is 0 Å². The van der Waals surface area contributed by atoms with Crippen molar-refractivity contribution in [1.82, 2.24) is 16.1 Å². The topological polar surface area (TPSA) is 142 Å². The van der Waals surface area contributed by atoms with E-state index in [2.05, 4.69) is 22.5 Å². The zero-order chi connectivity index (χ0) is 30.3. The summed E-state index contributed by atoms with van der Waals surface area (Å²) in [6.07, 6.45) is 4.66. The van der Waals surface area contributed by atoms with Crippen LogP contribution in [0.5, 0.6) is 0 Å². The number of nitrogens with one attached hydrogen (secondary N) is 3. The van der Waals surface area contributed by atoms with Crippen LogP contribution in [0.3, 0.4) is 0 Å². The van der Waals surface area contributed by atoms with Gasteiger partial charge in [0.15, 0.2) is 5.78 Å². The Kier molecular flexibility index (Phi) is 12.9. The molecular weight excluding hydrogens is 554 g/mol. The largest absolute Gasteiger partial charge is 0.355 e. The van der Waals surface area contributed by atoms with Gasteiger partial charge < -0.3 is 10.6 Å². The molecule has 3 amide bonds. The summed E-state index contributed by atoms with van der Waals surface area (Å²) < 4.78 is 13.1. The van der Waals surface area contributed by atoms with E-state index in [1.165, 1.54) is 6.08 Å². The normalized spacial score (nSPS) is 14.0. The molecule has 0 bridgehead atoms. The SMILES string of the molecule is CC#CCC1=CC=C(S(=O)C(CCCCNC(=O)CNC(=O)C(c2ccccc2)c2ccccc2)C(=O)NO)C(=O)C1. The van der Waals surface area contributed by atoms with Crippen LogP contribution < -0.4 is 16.1 Å². The maximum absolute atomic E-state index is 13.1. The monoisotopic (exact) mass is 589 g/mol. The van der Waals surface area contributed by atoms with Crippen molar-refractivity contribution in [2.45, 2.75) is 50.2 Å². The summed E-state index contributed by atoms with van der Waals surface area (Å²) in [6.45, 7) is 1.77. The molecule has 4 N–H and O–H groups in total. The molecule has 10 heteroatoms. The number of ketones is 1. The average molecular weight is 590 g/mol. The van der Waals surface area contributed by atoms with Crippen LogP contribution in [0, 0.1) is 11.8 Å². The Bertz CT molecular complexity index is 1370. The van der Waals surface area contributed by atoms with Crippen LogP contribution in [0.25, 0.3) is 0 Å². The van der Waals surface area contributed by atoms with Crippen LogP contribution in [0.4, 0.5) is 0 Å². The molecule has 3 rings (SSSR count). The quantitative estimate of drug-likeness (QED) is 0.116. The fraction of sp³-hybridized carbons (Fsp3) is 0.312. The standard InChI is InChI=1S/C32H35N3O6S/c1-2-3-12-23-18-19-27(26(36)21-23)42(41)28(31(38)35-40)17-10-11-20-33-29(37)22-34-32(39)30(24-13-6-4-7-14-24)25-15-8-5-9-16-25/h4-9,13-16,18-19,28,30,40H,10-12,17,20-22H2,1H3,(H,33,37)(H,34,39)(H,35,38). The van der Waals surface area contributed by atoms with Crippen LogP contribution in [0.15, 0.2) is 83.3 Å². The molecule has 0 spiro atoms. The van der Waals surface area contributed by atoms with Crippen molar-refractivity contribution in [3.63, 3.8) is 0 Å². The average Bonchev–Trinajstić information content (AvgIpc) is 3.01. The van der Waals surface area contributed by atoms with Crippen molar-refractivity contribution in [2.75, 3.05) is 13.1 Å². The molecule has 2 atom stereocenters. The van der Waals surface area contributed by atoms with Crippen LogP contribution in [-0.4, -0.2) is 51.3 Å². The van der Waals surface area contributed by atoms with Gasteiger partial charge in [-0.25, -0.2) is 5.48 Å². The summed E-state index contributed by atoms with van der Waals surface area (Å²) >= 11 is 0. The Balaban J connectivity index is 1.48. The molecular formula is C32H35N3O6S. The van der Waals surface area contributed by atoms with E-state index in [1.54, 1.807) is 18.5 Å². The Morgan fingerprint density at radius 2 is 1.57 bits per heavy atom. The Morgan fingerprint density at radius 1 is 0.929 bits per heavy atom. The highest BCUT2D eigenvalue weighted by atomic mass is 32.2. The van der Waals surface area contributed by atoms with Gasteiger partial charge in [0.05, 0.1) is 28.2 Å². The summed E-state index contributed by atoms with van der Waals surface area (Å²) in [4.78, 5) is 50.3. The third-order valence-electron chi connectivity index (χ3n) is 6.67. The van der Waals surface area contributed by atoms with Gasteiger partial charge in [-0.1, -0.05) is 78.2 Å². The molecule has 2 aromatic carbocycles. The van der Waals surface area contributed by atoms with Crippen molar-refractivity contribution in [3.8, 4) is 11.8 Å². The second kappa shape index (κ2) is 16.8. The number of benzene rings is 2. The molecule has 1 aliphatic rings. The minimum atomic E-state index is -1.96. The highest BCUT2D eigenvalue weighted by Gasteiger charge is 2.31. The van der Waals surface area contributed by atoms with Crippen LogP contribution in [-0.2, 0) is 30.0 Å². The first-order chi connectivity index (χ1) is 20.3. The predicted octanol–water partition coefficient (Wildman–Crippen LogP) is 3.04. The molecule has 0 aromatic heterocycles. The first kappa shape index (κ1) is 32.2. The first-order valence-electron chi connectivity index (χ1n) is 13.7. The predicted molar refractivity (Wildman–Crippen MR) is 160 cm³/mol. The molecule has 0 saturated heterocycles. The third-order valence-corrected chi connectivity index (χ3v) is 8.43. The summed E-state index contributed by atoms with van der Waals surface area (Å²) in [5, 5.41) is 13.5. The second-order valence-electron chi connectivity index (χ2n) is 9.64. The second-order valence-corrected chi connectivity index (χ2v) is 11.2. The number of hydrogen-bond donors (Lipinski definition) is 4. The Morgan fingerprint density at radius 3 is 2.14 bits per heavy atom. The first-order valence-corrected chi connectivity index (χ1v) is 14.9. The minimum absolute atomic E-state index is 0.0326. The lowest BCUT2D eigenvalue weighted by Crippen LogP contribution is -2.39. The van der Waals surface area contributed by atoms with Gasteiger partial charge in [0, 0.05) is 19.4 Å². The van der Waals surface area contributed by atoms with E-state index in [0.29, 0.717) is 19.3 Å². The van der Waals surface area contributed by atoms with E-state index in [4.69, 9.17) is 5.21 Å². The van der Waals surface area contributed by atoms with E-state index in [1.807, 2.05) is 60.7 Å². The molecule has 0 fully saturated rings. The molecule has 0 heterocycles. The van der Waals surface area contributed by atoms with Crippen molar-refractivity contribution >= 4 is 34.3 Å². The van der Waals surface area contributed by atoms with Gasteiger partial charge in [0.2, 0.25) is 11.8 Å². The van der Waals surface area contributed by atoms with Gasteiger partial charge in [-0.3, -0.25) is 28.6 Å². The minimum Gasteiger partial charge on any atom is -0.355 e. The van der Waals surface area contributed by atoms with Gasteiger partial charge in [0.25, 0.3) is 5.91 Å². The lowest BCUT2D eigenvalue weighted by atomic mass is 9.90. The number of rotatable bonds is 14. The number of carbonyl (C=O) groups is 4. The van der Waals surface area contributed by atoms with Crippen molar-refractivity contribution in [1.29, 1.82) is 0 Å². The molecule has 1 aliphatic carbocycles. The van der Waals surface area contributed by atoms with Gasteiger partial charge in [-0.15, -0.1) is 5.92 Å². The zero-order valence-corrected chi connectivity index (χ0v) is 24.2. The van der Waals surface area contributed by atoms with Gasteiger partial charge in [0.1, 0.15) is 5.25 Å². The van der Waals surface area contributed by atoms with E-state index >= 15 is 0 Å². The van der Waals surface area contributed by atoms with Gasteiger partial charge >= 0.3 is 0 Å². The van der Waals surface area contributed by atoms with Gasteiger partial charge in [-0.2, -0.15) is 0 Å². The molecule has 9 nitrogen and oxygen atoms in total. The maximum Gasteiger partial charge on any atom is 0.259 e. The fourth-order valence-electron chi connectivity index (χ4n) is 4.50. The summed E-state index contributed by atoms with van der Waals surface area (Å²) in [7, 11) is -1.96. The summed E-state index contributed by atoms with van der Waals surface area (Å²) in [5.74, 6) is 3.25. The van der Waals surface area contributed by atoms with E-state index < -0.39 is 27.9 Å².